The lowest BCUT2D eigenvalue weighted by atomic mass is 10.1. The molecular formula is C11H13N3O6. The van der Waals surface area contributed by atoms with Gasteiger partial charge in [0.15, 0.2) is 0 Å². The summed E-state index contributed by atoms with van der Waals surface area (Å²) in [6.45, 7) is 1.74. The minimum absolute atomic E-state index is 0.188. The Morgan fingerprint density at radius 2 is 2.20 bits per heavy atom. The molecule has 1 unspecified atom stereocenters. The Kier molecular flexibility index (Phi) is 4.95. The molecule has 1 heterocycles. The number of carbonyl (C=O) groups is 2. The molecule has 0 spiro atoms. The maximum Gasteiger partial charge on any atom is 0.326 e. The zero-order chi connectivity index (χ0) is 15.3. The van der Waals surface area contributed by atoms with Crippen molar-refractivity contribution in [3.8, 4) is 0 Å². The van der Waals surface area contributed by atoms with E-state index in [0.29, 0.717) is 6.42 Å². The third-order valence-electron chi connectivity index (χ3n) is 2.52. The van der Waals surface area contributed by atoms with Gasteiger partial charge in [-0.25, -0.2) is 4.79 Å². The van der Waals surface area contributed by atoms with E-state index in [1.165, 1.54) is 0 Å². The van der Waals surface area contributed by atoms with Gasteiger partial charge in [0, 0.05) is 6.07 Å². The molecular weight excluding hydrogens is 270 g/mol. The van der Waals surface area contributed by atoms with Gasteiger partial charge in [-0.3, -0.25) is 19.7 Å². The van der Waals surface area contributed by atoms with Crippen LogP contribution >= 0.6 is 0 Å². The van der Waals surface area contributed by atoms with E-state index in [-0.39, 0.29) is 6.42 Å². The fraction of sp³-hybridized carbons (Fsp3) is 0.364. The molecule has 0 fully saturated rings. The van der Waals surface area contributed by atoms with E-state index in [1.54, 1.807) is 6.92 Å². The van der Waals surface area contributed by atoms with Gasteiger partial charge in [-0.15, -0.1) is 0 Å². The van der Waals surface area contributed by atoms with Gasteiger partial charge >= 0.3 is 5.97 Å². The maximum atomic E-state index is 11.8. The molecule has 1 aromatic rings. The smallest absolute Gasteiger partial charge is 0.326 e. The lowest BCUT2D eigenvalue weighted by molar-refractivity contribution is -0.385. The van der Waals surface area contributed by atoms with E-state index in [9.17, 15) is 24.5 Å². The van der Waals surface area contributed by atoms with Gasteiger partial charge in [0.25, 0.3) is 17.2 Å². The van der Waals surface area contributed by atoms with Gasteiger partial charge in [-0.1, -0.05) is 13.3 Å². The first-order valence-corrected chi connectivity index (χ1v) is 5.77. The van der Waals surface area contributed by atoms with Crippen molar-refractivity contribution >= 4 is 17.6 Å². The molecule has 3 N–H and O–H groups in total. The van der Waals surface area contributed by atoms with Crippen molar-refractivity contribution in [2.75, 3.05) is 0 Å². The number of aromatic nitrogens is 1. The number of nitro groups is 1. The first-order chi connectivity index (χ1) is 9.36. The predicted molar refractivity (Wildman–Crippen MR) is 67.5 cm³/mol. The summed E-state index contributed by atoms with van der Waals surface area (Å²) in [4.78, 5) is 46.0. The normalized spacial score (nSPS) is 11.7. The van der Waals surface area contributed by atoms with E-state index < -0.39 is 39.7 Å². The molecule has 0 saturated carbocycles. The van der Waals surface area contributed by atoms with Gasteiger partial charge in [-0.2, -0.15) is 0 Å². The molecule has 1 aromatic heterocycles. The van der Waals surface area contributed by atoms with Crippen LogP contribution in [0.25, 0.3) is 0 Å². The quantitative estimate of drug-likeness (QED) is 0.505. The number of aliphatic carboxylic acids is 1. The number of nitrogens with one attached hydrogen (secondary N) is 2. The number of pyridine rings is 1. The summed E-state index contributed by atoms with van der Waals surface area (Å²) < 4.78 is 0. The van der Waals surface area contributed by atoms with E-state index in [4.69, 9.17) is 5.11 Å². The second-order valence-corrected chi connectivity index (χ2v) is 4.01. The van der Waals surface area contributed by atoms with Crippen LogP contribution < -0.4 is 10.9 Å². The number of aromatic amines is 1. The summed E-state index contributed by atoms with van der Waals surface area (Å²) in [5.41, 5.74) is -1.78. The van der Waals surface area contributed by atoms with Crippen molar-refractivity contribution in [2.24, 2.45) is 0 Å². The standard InChI is InChI=1S/C11H13N3O6/c1-2-3-8(11(17)18)13-10(16)7-4-6(14(19)20)5-12-9(7)15/h4-5,8H,2-3H2,1H3,(H,12,15)(H,13,16)(H,17,18). The fourth-order valence-corrected chi connectivity index (χ4v) is 1.53. The van der Waals surface area contributed by atoms with Crippen LogP contribution in [-0.2, 0) is 4.79 Å². The highest BCUT2D eigenvalue weighted by atomic mass is 16.6. The van der Waals surface area contributed by atoms with Crippen molar-refractivity contribution in [1.29, 1.82) is 0 Å². The van der Waals surface area contributed by atoms with E-state index in [1.807, 2.05) is 0 Å². The average Bonchev–Trinajstić information content (AvgIpc) is 2.38. The Balaban J connectivity index is 3.02. The molecule has 0 aliphatic heterocycles. The van der Waals surface area contributed by atoms with Crippen LogP contribution in [0.3, 0.4) is 0 Å². The summed E-state index contributed by atoms with van der Waals surface area (Å²) in [6.07, 6.45) is 1.57. The van der Waals surface area contributed by atoms with Crippen LogP contribution in [0, 0.1) is 10.1 Å². The first-order valence-electron chi connectivity index (χ1n) is 5.77. The predicted octanol–water partition coefficient (Wildman–Crippen LogP) is 0.266. The van der Waals surface area contributed by atoms with Crippen molar-refractivity contribution in [2.45, 2.75) is 25.8 Å². The number of hydrogen-bond acceptors (Lipinski definition) is 5. The number of carboxylic acids is 1. The molecule has 0 aliphatic rings. The molecule has 1 amide bonds. The van der Waals surface area contributed by atoms with Crippen LogP contribution in [0.5, 0.6) is 0 Å². The number of carbonyl (C=O) groups excluding carboxylic acids is 1. The topological polar surface area (TPSA) is 142 Å². The minimum atomic E-state index is -1.23. The lowest BCUT2D eigenvalue weighted by Gasteiger charge is -2.12. The number of amides is 1. The Labute approximate surface area is 112 Å². The average molecular weight is 283 g/mol. The molecule has 0 radical (unpaired) electrons. The molecule has 9 nitrogen and oxygen atoms in total. The van der Waals surface area contributed by atoms with E-state index in [0.717, 1.165) is 12.3 Å². The Hall–Kier alpha value is -2.71. The number of hydrogen-bond donors (Lipinski definition) is 3. The number of carboxylic acid groups (broad SMARTS) is 1. The third-order valence-corrected chi connectivity index (χ3v) is 2.52. The molecule has 0 bridgehead atoms. The number of nitrogens with zero attached hydrogens (tertiary/aromatic N) is 1. The molecule has 9 heteroatoms. The van der Waals surface area contributed by atoms with Crippen LogP contribution in [0.15, 0.2) is 17.1 Å². The molecule has 1 rings (SSSR count). The second kappa shape index (κ2) is 6.45. The molecule has 0 aromatic carbocycles. The molecule has 0 saturated heterocycles. The maximum absolute atomic E-state index is 11.8. The van der Waals surface area contributed by atoms with E-state index >= 15 is 0 Å². The van der Waals surface area contributed by atoms with Crippen molar-refractivity contribution in [3.05, 3.63) is 38.3 Å². The van der Waals surface area contributed by atoms with Gasteiger partial charge in [-0.05, 0) is 6.42 Å². The summed E-state index contributed by atoms with van der Waals surface area (Å²) in [7, 11) is 0. The number of H-pyrrole nitrogens is 1. The summed E-state index contributed by atoms with van der Waals surface area (Å²) in [5, 5.41) is 21.6. The summed E-state index contributed by atoms with van der Waals surface area (Å²) >= 11 is 0. The second-order valence-electron chi connectivity index (χ2n) is 4.01. The molecule has 0 aliphatic carbocycles. The lowest BCUT2D eigenvalue weighted by Crippen LogP contribution is -2.42. The monoisotopic (exact) mass is 283 g/mol. The first kappa shape index (κ1) is 15.3. The van der Waals surface area contributed by atoms with E-state index in [2.05, 4.69) is 10.3 Å². The summed E-state index contributed by atoms with van der Waals surface area (Å²) in [5.74, 6) is -2.20. The van der Waals surface area contributed by atoms with Crippen LogP contribution in [0.2, 0.25) is 0 Å². The van der Waals surface area contributed by atoms with Crippen LogP contribution in [0.4, 0.5) is 5.69 Å². The highest BCUT2D eigenvalue weighted by molar-refractivity contribution is 5.96. The van der Waals surface area contributed by atoms with Gasteiger partial charge in [0.2, 0.25) is 0 Å². The van der Waals surface area contributed by atoms with Crippen molar-refractivity contribution in [3.63, 3.8) is 0 Å². The van der Waals surface area contributed by atoms with Crippen LogP contribution in [0.1, 0.15) is 30.1 Å². The van der Waals surface area contributed by atoms with Gasteiger partial charge in [0.1, 0.15) is 11.6 Å². The Morgan fingerprint density at radius 3 is 2.70 bits per heavy atom. The van der Waals surface area contributed by atoms with Crippen LogP contribution in [-0.4, -0.2) is 32.9 Å². The minimum Gasteiger partial charge on any atom is -0.480 e. The van der Waals surface area contributed by atoms with Gasteiger partial charge < -0.3 is 15.4 Å². The largest absolute Gasteiger partial charge is 0.480 e. The highest BCUT2D eigenvalue weighted by Gasteiger charge is 2.22. The number of rotatable bonds is 6. The van der Waals surface area contributed by atoms with Crippen molar-refractivity contribution < 1.29 is 19.6 Å². The molecule has 108 valence electrons. The molecule has 1 atom stereocenters. The Morgan fingerprint density at radius 1 is 1.55 bits per heavy atom. The third kappa shape index (κ3) is 3.64. The fourth-order valence-electron chi connectivity index (χ4n) is 1.53. The SMILES string of the molecule is CCCC(NC(=O)c1cc([N+](=O)[O-])c[nH]c1=O)C(=O)O. The van der Waals surface area contributed by atoms with Gasteiger partial charge in [0.05, 0.1) is 11.1 Å². The zero-order valence-corrected chi connectivity index (χ0v) is 10.6. The Bertz CT molecular complexity index is 594. The molecule has 20 heavy (non-hydrogen) atoms. The highest BCUT2D eigenvalue weighted by Crippen LogP contribution is 2.08. The zero-order valence-electron chi connectivity index (χ0n) is 10.6. The van der Waals surface area contributed by atoms with Crippen molar-refractivity contribution in [1.82, 2.24) is 10.3 Å². The summed E-state index contributed by atoms with van der Waals surface area (Å²) in [6, 6.07) is -0.342.